The van der Waals surface area contributed by atoms with Crippen LogP contribution in [0.2, 0.25) is 0 Å². The fraction of sp³-hybridized carbons (Fsp3) is 0.538. The molecule has 1 aromatic rings. The van der Waals surface area contributed by atoms with E-state index in [1.54, 1.807) is 0 Å². The topological polar surface area (TPSA) is 35.2 Å². The van der Waals surface area contributed by atoms with Gasteiger partial charge in [0.05, 0.1) is 6.61 Å². The average molecular weight is 242 g/mol. The lowest BCUT2D eigenvalue weighted by atomic mass is 9.87. The van der Waals surface area contributed by atoms with Crippen LogP contribution in [0.5, 0.6) is 5.75 Å². The SMILES string of the molecule is Cl.NC1CCC(COc2ccccc2)CC1. The number of halogens is 1. The zero-order valence-corrected chi connectivity index (χ0v) is 10.3. The molecule has 90 valence electrons. The summed E-state index contributed by atoms with van der Waals surface area (Å²) in [5, 5.41) is 0. The van der Waals surface area contributed by atoms with Crippen LogP contribution < -0.4 is 10.5 Å². The first-order valence-electron chi connectivity index (χ1n) is 5.78. The molecule has 2 nitrogen and oxygen atoms in total. The number of para-hydroxylation sites is 1. The molecule has 0 aromatic heterocycles. The number of rotatable bonds is 3. The van der Waals surface area contributed by atoms with Crippen LogP contribution in [0.1, 0.15) is 25.7 Å². The molecule has 1 aliphatic rings. The Balaban J connectivity index is 0.00000128. The minimum absolute atomic E-state index is 0. The molecule has 1 fully saturated rings. The van der Waals surface area contributed by atoms with Crippen molar-refractivity contribution in [3.05, 3.63) is 30.3 Å². The predicted octanol–water partition coefficient (Wildman–Crippen LogP) is 3.00. The summed E-state index contributed by atoms with van der Waals surface area (Å²) in [7, 11) is 0. The van der Waals surface area contributed by atoms with Crippen LogP contribution >= 0.6 is 12.4 Å². The van der Waals surface area contributed by atoms with Crippen LogP contribution in [0.25, 0.3) is 0 Å². The second-order valence-electron chi connectivity index (χ2n) is 4.40. The third kappa shape index (κ3) is 4.03. The molecule has 0 amide bonds. The number of nitrogens with two attached hydrogens (primary N) is 1. The number of hydrogen-bond donors (Lipinski definition) is 1. The molecule has 1 aliphatic carbocycles. The number of benzene rings is 1. The lowest BCUT2D eigenvalue weighted by molar-refractivity contribution is 0.200. The van der Waals surface area contributed by atoms with Gasteiger partial charge in [0.15, 0.2) is 0 Å². The molecule has 0 bridgehead atoms. The van der Waals surface area contributed by atoms with Gasteiger partial charge in [0.25, 0.3) is 0 Å². The highest BCUT2D eigenvalue weighted by atomic mass is 35.5. The molecule has 2 rings (SSSR count). The van der Waals surface area contributed by atoms with E-state index in [-0.39, 0.29) is 12.4 Å². The van der Waals surface area contributed by atoms with Crippen molar-refractivity contribution in [2.45, 2.75) is 31.7 Å². The molecule has 16 heavy (non-hydrogen) atoms. The second-order valence-corrected chi connectivity index (χ2v) is 4.40. The molecule has 0 atom stereocenters. The van der Waals surface area contributed by atoms with Crippen LogP contribution in [-0.2, 0) is 0 Å². The first-order valence-corrected chi connectivity index (χ1v) is 5.78. The van der Waals surface area contributed by atoms with E-state index in [0.717, 1.165) is 25.2 Å². The summed E-state index contributed by atoms with van der Waals surface area (Å²) in [5.74, 6) is 1.68. The summed E-state index contributed by atoms with van der Waals surface area (Å²) < 4.78 is 5.74. The Morgan fingerprint density at radius 1 is 1.06 bits per heavy atom. The van der Waals surface area contributed by atoms with Gasteiger partial charge in [0, 0.05) is 6.04 Å². The smallest absolute Gasteiger partial charge is 0.119 e. The predicted molar refractivity (Wildman–Crippen MR) is 69.1 cm³/mol. The molecule has 1 aromatic carbocycles. The highest BCUT2D eigenvalue weighted by molar-refractivity contribution is 5.85. The molecule has 0 radical (unpaired) electrons. The highest BCUT2D eigenvalue weighted by Gasteiger charge is 2.18. The summed E-state index contributed by atoms with van der Waals surface area (Å²) in [6, 6.07) is 10.5. The van der Waals surface area contributed by atoms with Gasteiger partial charge in [-0.25, -0.2) is 0 Å². The molecule has 0 aliphatic heterocycles. The van der Waals surface area contributed by atoms with Crippen molar-refractivity contribution >= 4 is 12.4 Å². The maximum atomic E-state index is 5.86. The largest absolute Gasteiger partial charge is 0.493 e. The van der Waals surface area contributed by atoms with Crippen molar-refractivity contribution in [1.29, 1.82) is 0 Å². The Labute approximate surface area is 104 Å². The molecule has 0 unspecified atom stereocenters. The fourth-order valence-corrected chi connectivity index (χ4v) is 2.09. The Hall–Kier alpha value is -0.730. The zero-order valence-electron chi connectivity index (χ0n) is 9.47. The van der Waals surface area contributed by atoms with E-state index in [2.05, 4.69) is 0 Å². The third-order valence-corrected chi connectivity index (χ3v) is 3.12. The van der Waals surface area contributed by atoms with E-state index < -0.39 is 0 Å². The van der Waals surface area contributed by atoms with Crippen molar-refractivity contribution in [2.75, 3.05) is 6.61 Å². The van der Waals surface area contributed by atoms with E-state index in [4.69, 9.17) is 10.5 Å². The van der Waals surface area contributed by atoms with Gasteiger partial charge < -0.3 is 10.5 Å². The summed E-state index contributed by atoms with van der Waals surface area (Å²) in [6.07, 6.45) is 4.74. The van der Waals surface area contributed by atoms with Crippen LogP contribution in [0.15, 0.2) is 30.3 Å². The Bertz CT molecular complexity index is 283. The monoisotopic (exact) mass is 241 g/mol. The third-order valence-electron chi connectivity index (χ3n) is 3.12. The Kier molecular flexibility index (Phi) is 5.64. The Morgan fingerprint density at radius 2 is 1.69 bits per heavy atom. The van der Waals surface area contributed by atoms with Gasteiger partial charge in [0.2, 0.25) is 0 Å². The van der Waals surface area contributed by atoms with Gasteiger partial charge in [-0.15, -0.1) is 12.4 Å². The van der Waals surface area contributed by atoms with Gasteiger partial charge >= 0.3 is 0 Å². The van der Waals surface area contributed by atoms with Crippen LogP contribution in [0, 0.1) is 5.92 Å². The summed E-state index contributed by atoms with van der Waals surface area (Å²) in [6.45, 7) is 0.844. The lowest BCUT2D eigenvalue weighted by Gasteiger charge is -2.25. The molecular formula is C13H20ClNO. The molecule has 1 saturated carbocycles. The zero-order chi connectivity index (χ0) is 10.5. The molecule has 0 saturated heterocycles. The first-order chi connectivity index (χ1) is 7.34. The molecule has 2 N–H and O–H groups in total. The average Bonchev–Trinajstić information content (AvgIpc) is 2.30. The van der Waals surface area contributed by atoms with Crippen LogP contribution in [-0.4, -0.2) is 12.6 Å². The van der Waals surface area contributed by atoms with Crippen molar-refractivity contribution in [1.82, 2.24) is 0 Å². The minimum atomic E-state index is 0. The van der Waals surface area contributed by atoms with E-state index >= 15 is 0 Å². The number of ether oxygens (including phenoxy) is 1. The second kappa shape index (κ2) is 6.77. The van der Waals surface area contributed by atoms with Crippen molar-refractivity contribution in [3.63, 3.8) is 0 Å². The van der Waals surface area contributed by atoms with Crippen molar-refractivity contribution in [2.24, 2.45) is 11.7 Å². The summed E-state index contributed by atoms with van der Waals surface area (Å²) in [4.78, 5) is 0. The van der Waals surface area contributed by atoms with Crippen molar-refractivity contribution < 1.29 is 4.74 Å². The first kappa shape index (κ1) is 13.3. The van der Waals surface area contributed by atoms with Gasteiger partial charge in [-0.2, -0.15) is 0 Å². The van der Waals surface area contributed by atoms with Crippen LogP contribution in [0.4, 0.5) is 0 Å². The lowest BCUT2D eigenvalue weighted by Crippen LogP contribution is -2.28. The van der Waals surface area contributed by atoms with E-state index in [1.807, 2.05) is 30.3 Å². The van der Waals surface area contributed by atoms with Gasteiger partial charge in [-0.1, -0.05) is 18.2 Å². The molecular weight excluding hydrogens is 222 g/mol. The van der Waals surface area contributed by atoms with Crippen LogP contribution in [0.3, 0.4) is 0 Å². The summed E-state index contributed by atoms with van der Waals surface area (Å²) >= 11 is 0. The van der Waals surface area contributed by atoms with E-state index in [1.165, 1.54) is 12.8 Å². The Morgan fingerprint density at radius 3 is 2.31 bits per heavy atom. The number of hydrogen-bond acceptors (Lipinski definition) is 2. The highest BCUT2D eigenvalue weighted by Crippen LogP contribution is 2.24. The summed E-state index contributed by atoms with van der Waals surface area (Å²) in [5.41, 5.74) is 5.86. The quantitative estimate of drug-likeness (QED) is 0.883. The maximum absolute atomic E-state index is 5.86. The van der Waals surface area contributed by atoms with E-state index in [9.17, 15) is 0 Å². The standard InChI is InChI=1S/C13H19NO.ClH/c14-12-8-6-11(7-9-12)10-15-13-4-2-1-3-5-13;/h1-5,11-12H,6-10,14H2;1H. The maximum Gasteiger partial charge on any atom is 0.119 e. The van der Waals surface area contributed by atoms with E-state index in [0.29, 0.717) is 12.0 Å². The van der Waals surface area contributed by atoms with Crippen molar-refractivity contribution in [3.8, 4) is 5.75 Å². The fourth-order valence-electron chi connectivity index (χ4n) is 2.09. The normalized spacial score (nSPS) is 24.6. The minimum Gasteiger partial charge on any atom is -0.493 e. The molecule has 3 heteroatoms. The molecule has 0 spiro atoms. The van der Waals surface area contributed by atoms with Gasteiger partial charge in [0.1, 0.15) is 5.75 Å². The molecule has 0 heterocycles. The van der Waals surface area contributed by atoms with Gasteiger partial charge in [-0.05, 0) is 43.7 Å². The van der Waals surface area contributed by atoms with Gasteiger partial charge in [-0.3, -0.25) is 0 Å².